The number of halogens is 3. The first-order valence-corrected chi connectivity index (χ1v) is 3.27. The average Bonchev–Trinajstić information content (AvgIpc) is 1.82. The topological polar surface area (TPSA) is 0 Å². The second kappa shape index (κ2) is 11.6. The second-order valence-electron chi connectivity index (χ2n) is 1.77. The molecule has 0 spiro atoms. The minimum atomic E-state index is -3.08. The maximum Gasteiger partial charge on any atom is 0.487 e. The minimum Gasteiger partial charge on any atom is -0.162 e. The van der Waals surface area contributed by atoms with Crippen LogP contribution in [-0.4, -0.2) is 0 Å². The largest absolute Gasteiger partial charge is 0.487 e. The van der Waals surface area contributed by atoms with Gasteiger partial charge < -0.3 is 0 Å². The van der Waals surface area contributed by atoms with E-state index in [2.05, 4.69) is 13.8 Å². The summed E-state index contributed by atoms with van der Waals surface area (Å²) in [4.78, 5) is 0. The lowest BCUT2D eigenvalue weighted by Gasteiger charge is -1.86. The molecule has 62 valence electrons. The number of rotatable bonds is 3. The molecule has 0 saturated heterocycles. The molecule has 0 N–H and O–H groups in total. The summed E-state index contributed by atoms with van der Waals surface area (Å²) >= 11 is 0. The third-order valence-electron chi connectivity index (χ3n) is 0.854. The van der Waals surface area contributed by atoms with Crippen LogP contribution in [0.3, 0.4) is 0 Å². The first-order valence-electron chi connectivity index (χ1n) is 3.27. The van der Waals surface area contributed by atoms with Crippen LogP contribution in [0, 0.1) is 13.6 Å². The van der Waals surface area contributed by atoms with Gasteiger partial charge in [0.05, 0.1) is 0 Å². The van der Waals surface area contributed by atoms with Gasteiger partial charge in [0.2, 0.25) is 0 Å². The van der Waals surface area contributed by atoms with Gasteiger partial charge >= 0.3 is 6.68 Å². The van der Waals surface area contributed by atoms with Gasteiger partial charge in [-0.2, -0.15) is 13.2 Å². The molecule has 0 amide bonds. The van der Waals surface area contributed by atoms with Crippen molar-refractivity contribution in [3.63, 3.8) is 0 Å². The third kappa shape index (κ3) is 46.1. The molecule has 0 aliphatic rings. The number of hydrogen-bond donors (Lipinski definition) is 0. The molecule has 10 heavy (non-hydrogen) atoms. The van der Waals surface area contributed by atoms with Gasteiger partial charge in [-0.05, 0) is 0 Å². The van der Waals surface area contributed by atoms with Crippen molar-refractivity contribution >= 4 is 0 Å². The molecular formula is C7H13F3. The van der Waals surface area contributed by atoms with Crippen LogP contribution in [0.5, 0.6) is 0 Å². The lowest BCUT2D eigenvalue weighted by Crippen LogP contribution is -1.66. The van der Waals surface area contributed by atoms with Crippen molar-refractivity contribution in [3.8, 4) is 0 Å². The van der Waals surface area contributed by atoms with Crippen molar-refractivity contribution in [2.45, 2.75) is 32.6 Å². The van der Waals surface area contributed by atoms with E-state index in [9.17, 15) is 13.2 Å². The van der Waals surface area contributed by atoms with Gasteiger partial charge in [-0.25, -0.2) is 0 Å². The van der Waals surface area contributed by atoms with Crippen molar-refractivity contribution in [1.29, 1.82) is 0 Å². The highest BCUT2D eigenvalue weighted by Gasteiger charge is 1.93. The van der Waals surface area contributed by atoms with Crippen molar-refractivity contribution in [2.75, 3.05) is 0 Å². The van der Waals surface area contributed by atoms with Crippen molar-refractivity contribution in [1.82, 2.24) is 0 Å². The van der Waals surface area contributed by atoms with E-state index in [1.165, 1.54) is 19.3 Å². The third-order valence-corrected chi connectivity index (χ3v) is 0.854. The summed E-state index contributed by atoms with van der Waals surface area (Å²) in [6, 6.07) is 0. The Hall–Kier alpha value is -0.210. The standard InChI is InChI=1S/C6H13.CF3/c1-3-5-6-4-2;2-1(3)4/h1,3-6H2,2H3;. The Kier molecular flexibility index (Phi) is 14.4. The van der Waals surface area contributed by atoms with E-state index in [0.717, 1.165) is 6.42 Å². The van der Waals surface area contributed by atoms with Gasteiger partial charge in [-0.3, -0.25) is 0 Å². The molecule has 0 aromatic carbocycles. The maximum atomic E-state index is 9.58. The zero-order valence-corrected chi connectivity index (χ0v) is 6.17. The number of hydrogen-bond acceptors (Lipinski definition) is 0. The highest BCUT2D eigenvalue weighted by Crippen LogP contribution is 1.99. The second-order valence-corrected chi connectivity index (χ2v) is 1.77. The molecule has 2 radical (unpaired) electrons. The van der Waals surface area contributed by atoms with Crippen LogP contribution in [0.1, 0.15) is 32.6 Å². The van der Waals surface area contributed by atoms with Gasteiger partial charge in [-0.1, -0.05) is 39.5 Å². The van der Waals surface area contributed by atoms with Crippen LogP contribution in [-0.2, 0) is 0 Å². The molecule has 3 heteroatoms. The SMILES string of the molecule is F[C](F)F.[CH2]CCCCC. The van der Waals surface area contributed by atoms with Crippen LogP contribution in [0.2, 0.25) is 0 Å². The fourth-order valence-electron chi connectivity index (χ4n) is 0.427. The summed E-state index contributed by atoms with van der Waals surface area (Å²) in [6.07, 6.45) is 5.07. The molecule has 0 saturated carbocycles. The van der Waals surface area contributed by atoms with E-state index in [1.54, 1.807) is 0 Å². The van der Waals surface area contributed by atoms with E-state index >= 15 is 0 Å². The van der Waals surface area contributed by atoms with Gasteiger partial charge in [0, 0.05) is 0 Å². The van der Waals surface area contributed by atoms with Crippen LogP contribution in [0.25, 0.3) is 0 Å². The lowest BCUT2D eigenvalue weighted by molar-refractivity contribution is 0.142. The Morgan fingerprint density at radius 3 is 1.70 bits per heavy atom. The van der Waals surface area contributed by atoms with Crippen LogP contribution >= 0.6 is 0 Å². The first kappa shape index (κ1) is 12.5. The van der Waals surface area contributed by atoms with Gasteiger partial charge in [-0.15, -0.1) is 0 Å². The normalized spacial score (nSPS) is 9.00. The van der Waals surface area contributed by atoms with Crippen molar-refractivity contribution < 1.29 is 13.2 Å². The Labute approximate surface area is 60.4 Å². The summed E-state index contributed by atoms with van der Waals surface area (Å²) in [5.41, 5.74) is 0. The fraction of sp³-hybridized carbons (Fsp3) is 0.714. The zero-order chi connectivity index (χ0) is 8.41. The van der Waals surface area contributed by atoms with E-state index in [1.807, 2.05) is 0 Å². The smallest absolute Gasteiger partial charge is 0.162 e. The van der Waals surface area contributed by atoms with Crippen LogP contribution in [0.4, 0.5) is 13.2 Å². The summed E-state index contributed by atoms with van der Waals surface area (Å²) in [5, 5.41) is 0. The van der Waals surface area contributed by atoms with E-state index in [4.69, 9.17) is 0 Å². The Bertz CT molecular complexity index is 39.4. The molecule has 0 nitrogen and oxygen atoms in total. The summed E-state index contributed by atoms with van der Waals surface area (Å²) in [7, 11) is 0. The van der Waals surface area contributed by atoms with E-state index in [-0.39, 0.29) is 0 Å². The molecular weight excluding hydrogens is 141 g/mol. The monoisotopic (exact) mass is 154 g/mol. The molecule has 0 atom stereocenters. The molecule has 0 aromatic rings. The Morgan fingerprint density at radius 2 is 1.60 bits per heavy atom. The molecule has 0 fully saturated rings. The molecule has 0 aromatic heterocycles. The molecule has 0 unspecified atom stereocenters. The molecule has 0 aliphatic heterocycles. The molecule has 0 rings (SSSR count). The van der Waals surface area contributed by atoms with E-state index < -0.39 is 6.68 Å². The predicted octanol–water partition coefficient (Wildman–Crippen LogP) is 3.74. The van der Waals surface area contributed by atoms with Gasteiger partial charge in [0.1, 0.15) is 0 Å². The molecule has 0 bridgehead atoms. The lowest BCUT2D eigenvalue weighted by atomic mass is 10.2. The summed E-state index contributed by atoms with van der Waals surface area (Å²) in [6.45, 7) is 2.84. The summed E-state index contributed by atoms with van der Waals surface area (Å²) < 4.78 is 28.8. The number of unbranched alkanes of at least 4 members (excludes halogenated alkanes) is 3. The molecule has 0 aliphatic carbocycles. The van der Waals surface area contributed by atoms with Crippen molar-refractivity contribution in [3.05, 3.63) is 13.6 Å². The van der Waals surface area contributed by atoms with Crippen molar-refractivity contribution in [2.24, 2.45) is 0 Å². The van der Waals surface area contributed by atoms with Crippen LogP contribution < -0.4 is 0 Å². The van der Waals surface area contributed by atoms with Crippen LogP contribution in [0.15, 0.2) is 0 Å². The zero-order valence-electron chi connectivity index (χ0n) is 6.17. The highest BCUT2D eigenvalue weighted by atomic mass is 19.4. The van der Waals surface area contributed by atoms with Gasteiger partial charge in [0.25, 0.3) is 0 Å². The predicted molar refractivity (Wildman–Crippen MR) is 36.1 cm³/mol. The maximum absolute atomic E-state index is 9.58. The Morgan fingerprint density at radius 1 is 1.20 bits per heavy atom. The fourth-order valence-corrected chi connectivity index (χ4v) is 0.427. The average molecular weight is 154 g/mol. The quantitative estimate of drug-likeness (QED) is 0.543. The Balaban J connectivity index is 0. The molecule has 0 heterocycles. The minimum absolute atomic E-state index is 1.10. The first-order chi connectivity index (χ1) is 4.65. The van der Waals surface area contributed by atoms with E-state index in [0.29, 0.717) is 0 Å². The summed E-state index contributed by atoms with van der Waals surface area (Å²) in [5.74, 6) is 0. The highest BCUT2D eigenvalue weighted by molar-refractivity contribution is 4.38. The van der Waals surface area contributed by atoms with Gasteiger partial charge in [0.15, 0.2) is 0 Å².